The number of benzene rings is 1. The topological polar surface area (TPSA) is 71.1 Å². The van der Waals surface area contributed by atoms with Gasteiger partial charge in [-0.3, -0.25) is 4.79 Å². The molecule has 0 unspecified atom stereocenters. The SMILES string of the molecule is CC[C@H](C)COc1ccc([C@@H](NC(=O)OC(C)(C)C)C(=O)N2CCN(C)CC2)cc1. The Balaban J connectivity index is 2.15. The molecule has 0 aliphatic carbocycles. The van der Waals surface area contributed by atoms with Gasteiger partial charge in [-0.15, -0.1) is 0 Å². The quantitative estimate of drug-likeness (QED) is 0.733. The number of nitrogens with zero attached hydrogens (tertiary/aromatic N) is 2. The molecule has 168 valence electrons. The van der Waals surface area contributed by atoms with Crippen LogP contribution in [0.15, 0.2) is 24.3 Å². The number of carbonyl (C=O) groups is 2. The van der Waals surface area contributed by atoms with Gasteiger partial charge in [0.15, 0.2) is 0 Å². The van der Waals surface area contributed by atoms with Gasteiger partial charge in [-0.05, 0) is 51.4 Å². The fraction of sp³-hybridized carbons (Fsp3) is 0.652. The molecule has 2 rings (SSSR count). The van der Waals surface area contributed by atoms with Crippen molar-refractivity contribution in [3.8, 4) is 5.75 Å². The van der Waals surface area contributed by atoms with Crippen LogP contribution in [-0.4, -0.2) is 67.2 Å². The van der Waals surface area contributed by atoms with Crippen molar-refractivity contribution in [2.45, 2.75) is 52.7 Å². The Labute approximate surface area is 180 Å². The molecule has 1 aliphatic heterocycles. The maximum atomic E-state index is 13.3. The van der Waals surface area contributed by atoms with E-state index in [-0.39, 0.29) is 5.91 Å². The zero-order valence-corrected chi connectivity index (χ0v) is 19.2. The molecule has 0 aromatic heterocycles. The molecule has 30 heavy (non-hydrogen) atoms. The molecule has 0 radical (unpaired) electrons. The third-order valence-corrected chi connectivity index (χ3v) is 5.17. The third kappa shape index (κ3) is 7.52. The summed E-state index contributed by atoms with van der Waals surface area (Å²) in [7, 11) is 2.04. The van der Waals surface area contributed by atoms with Crippen molar-refractivity contribution in [3.63, 3.8) is 0 Å². The van der Waals surface area contributed by atoms with Crippen LogP contribution >= 0.6 is 0 Å². The standard InChI is InChI=1S/C23H37N3O4/c1-7-17(2)16-29-19-10-8-18(9-11-19)20(24-22(28)30-23(3,4)5)21(27)26-14-12-25(6)13-15-26/h8-11,17,20H,7,12-16H2,1-6H3,(H,24,28)/t17-,20+/m0/s1. The minimum absolute atomic E-state index is 0.123. The number of likely N-dealkylation sites (N-methyl/N-ethyl adjacent to an activating group) is 1. The zero-order valence-electron chi connectivity index (χ0n) is 19.2. The van der Waals surface area contributed by atoms with E-state index in [0.29, 0.717) is 31.2 Å². The molecule has 1 fully saturated rings. The molecule has 1 saturated heterocycles. The molecule has 2 amide bonds. The number of amides is 2. The van der Waals surface area contributed by atoms with E-state index in [0.717, 1.165) is 25.3 Å². The number of ether oxygens (including phenoxy) is 2. The summed E-state index contributed by atoms with van der Waals surface area (Å²) in [6.45, 7) is 13.2. The largest absolute Gasteiger partial charge is 0.493 e. The zero-order chi connectivity index (χ0) is 22.3. The highest BCUT2D eigenvalue weighted by molar-refractivity contribution is 5.87. The highest BCUT2D eigenvalue weighted by Crippen LogP contribution is 2.22. The summed E-state index contributed by atoms with van der Waals surface area (Å²) >= 11 is 0. The van der Waals surface area contributed by atoms with Gasteiger partial charge in [-0.1, -0.05) is 32.4 Å². The van der Waals surface area contributed by atoms with Gasteiger partial charge in [0.1, 0.15) is 17.4 Å². The highest BCUT2D eigenvalue weighted by atomic mass is 16.6. The van der Waals surface area contributed by atoms with Gasteiger partial charge in [0.05, 0.1) is 6.61 Å². The van der Waals surface area contributed by atoms with E-state index in [4.69, 9.17) is 9.47 Å². The molecule has 2 atom stereocenters. The molecule has 7 heteroatoms. The lowest BCUT2D eigenvalue weighted by Crippen LogP contribution is -2.51. The molecule has 1 aliphatic rings. The first kappa shape index (κ1) is 24.0. The Kier molecular flexibility index (Phi) is 8.53. The molecule has 0 spiro atoms. The lowest BCUT2D eigenvalue weighted by atomic mass is 10.0. The lowest BCUT2D eigenvalue weighted by Gasteiger charge is -2.35. The van der Waals surface area contributed by atoms with Crippen LogP contribution in [0.2, 0.25) is 0 Å². The minimum Gasteiger partial charge on any atom is -0.493 e. The number of hydrogen-bond donors (Lipinski definition) is 1. The first-order valence-corrected chi connectivity index (χ1v) is 10.8. The summed E-state index contributed by atoms with van der Waals surface area (Å²) in [6.07, 6.45) is 0.450. The number of piperazine rings is 1. The van der Waals surface area contributed by atoms with Gasteiger partial charge < -0.3 is 24.6 Å². The van der Waals surface area contributed by atoms with E-state index >= 15 is 0 Å². The van der Waals surface area contributed by atoms with E-state index in [2.05, 4.69) is 24.1 Å². The van der Waals surface area contributed by atoms with Crippen LogP contribution in [0.3, 0.4) is 0 Å². The highest BCUT2D eigenvalue weighted by Gasteiger charge is 2.30. The van der Waals surface area contributed by atoms with Crippen molar-refractivity contribution < 1.29 is 19.1 Å². The summed E-state index contributed by atoms with van der Waals surface area (Å²) in [4.78, 5) is 29.7. The van der Waals surface area contributed by atoms with Crippen LogP contribution in [-0.2, 0) is 9.53 Å². The molecule has 1 aromatic carbocycles. The van der Waals surface area contributed by atoms with Gasteiger partial charge in [-0.25, -0.2) is 4.79 Å². The molecule has 0 bridgehead atoms. The first-order chi connectivity index (χ1) is 14.1. The number of carbonyl (C=O) groups excluding carboxylic acids is 2. The molecular weight excluding hydrogens is 382 g/mol. The van der Waals surface area contributed by atoms with Crippen molar-refractivity contribution in [1.82, 2.24) is 15.1 Å². The van der Waals surface area contributed by atoms with Gasteiger partial charge in [0.25, 0.3) is 0 Å². The minimum atomic E-state index is -0.799. The van der Waals surface area contributed by atoms with Crippen molar-refractivity contribution in [3.05, 3.63) is 29.8 Å². The molecule has 1 aromatic rings. The average molecular weight is 420 g/mol. The Morgan fingerprint density at radius 3 is 2.23 bits per heavy atom. The number of rotatable bonds is 7. The normalized spacial score (nSPS) is 17.2. The van der Waals surface area contributed by atoms with Crippen molar-refractivity contribution in [1.29, 1.82) is 0 Å². The fourth-order valence-corrected chi connectivity index (χ4v) is 3.04. The average Bonchev–Trinajstić information content (AvgIpc) is 2.69. The summed E-state index contributed by atoms with van der Waals surface area (Å²) in [5.74, 6) is 1.11. The molecule has 7 nitrogen and oxygen atoms in total. The van der Waals surface area contributed by atoms with Crippen molar-refractivity contribution in [2.24, 2.45) is 5.92 Å². The summed E-state index contributed by atoms with van der Waals surface area (Å²) in [5, 5.41) is 2.77. The summed E-state index contributed by atoms with van der Waals surface area (Å²) in [6, 6.07) is 6.56. The molecular formula is C23H37N3O4. The van der Waals surface area contributed by atoms with Gasteiger partial charge in [-0.2, -0.15) is 0 Å². The molecule has 1 heterocycles. The lowest BCUT2D eigenvalue weighted by molar-refractivity contribution is -0.135. The van der Waals surface area contributed by atoms with E-state index in [1.54, 1.807) is 25.7 Å². The Bertz CT molecular complexity index is 691. The van der Waals surface area contributed by atoms with Crippen LogP contribution in [0, 0.1) is 5.92 Å². The van der Waals surface area contributed by atoms with Gasteiger partial charge in [0.2, 0.25) is 5.91 Å². The number of nitrogens with one attached hydrogen (secondary N) is 1. The maximum Gasteiger partial charge on any atom is 0.408 e. The Morgan fingerprint density at radius 2 is 1.70 bits per heavy atom. The molecule has 0 saturated carbocycles. The Hall–Kier alpha value is -2.28. The van der Waals surface area contributed by atoms with E-state index < -0.39 is 17.7 Å². The second-order valence-electron chi connectivity index (χ2n) is 9.10. The number of alkyl carbamates (subject to hydrolysis) is 1. The fourth-order valence-electron chi connectivity index (χ4n) is 3.04. The van der Waals surface area contributed by atoms with Gasteiger partial charge in [0, 0.05) is 26.2 Å². The number of hydrogen-bond acceptors (Lipinski definition) is 5. The van der Waals surface area contributed by atoms with E-state index in [1.165, 1.54) is 0 Å². The van der Waals surface area contributed by atoms with E-state index in [9.17, 15) is 9.59 Å². The molecule has 1 N–H and O–H groups in total. The summed E-state index contributed by atoms with van der Waals surface area (Å²) < 4.78 is 11.2. The summed E-state index contributed by atoms with van der Waals surface area (Å²) in [5.41, 5.74) is 0.0693. The predicted molar refractivity (Wildman–Crippen MR) is 118 cm³/mol. The monoisotopic (exact) mass is 419 g/mol. The predicted octanol–water partition coefficient (Wildman–Crippen LogP) is 3.45. The van der Waals surface area contributed by atoms with Crippen molar-refractivity contribution in [2.75, 3.05) is 39.8 Å². The van der Waals surface area contributed by atoms with Crippen LogP contribution in [0.25, 0.3) is 0 Å². The van der Waals surface area contributed by atoms with Crippen LogP contribution in [0.4, 0.5) is 4.79 Å². The second kappa shape index (κ2) is 10.7. The van der Waals surface area contributed by atoms with Gasteiger partial charge >= 0.3 is 6.09 Å². The van der Waals surface area contributed by atoms with Crippen LogP contribution < -0.4 is 10.1 Å². The first-order valence-electron chi connectivity index (χ1n) is 10.8. The second-order valence-corrected chi connectivity index (χ2v) is 9.10. The third-order valence-electron chi connectivity index (χ3n) is 5.17. The van der Waals surface area contributed by atoms with E-state index in [1.807, 2.05) is 31.3 Å². The van der Waals surface area contributed by atoms with Crippen molar-refractivity contribution >= 4 is 12.0 Å². The Morgan fingerprint density at radius 1 is 1.10 bits per heavy atom. The van der Waals surface area contributed by atoms with Crippen LogP contribution in [0.5, 0.6) is 5.75 Å². The smallest absolute Gasteiger partial charge is 0.408 e. The van der Waals surface area contributed by atoms with Crippen LogP contribution in [0.1, 0.15) is 52.6 Å². The maximum absolute atomic E-state index is 13.3.